The quantitative estimate of drug-likeness (QED) is 0.544. The normalized spacial score (nSPS) is 11.8. The van der Waals surface area contributed by atoms with Crippen LogP contribution in [0, 0.1) is 5.92 Å². The van der Waals surface area contributed by atoms with E-state index in [1.165, 1.54) is 0 Å². The molecule has 0 aliphatic rings. The van der Waals surface area contributed by atoms with E-state index in [1.54, 1.807) is 6.08 Å². The zero-order chi connectivity index (χ0) is 11.1. The maximum Gasteiger partial charge on any atom is 0.306 e. The van der Waals surface area contributed by atoms with Crippen molar-refractivity contribution in [2.24, 2.45) is 5.92 Å². The van der Waals surface area contributed by atoms with Crippen LogP contribution in [-0.2, 0) is 16.1 Å². The summed E-state index contributed by atoms with van der Waals surface area (Å²) in [6.07, 6.45) is 2.15. The summed E-state index contributed by atoms with van der Waals surface area (Å²) < 4.78 is 5.11. The third-order valence-corrected chi connectivity index (χ3v) is 2.13. The van der Waals surface area contributed by atoms with Crippen LogP contribution >= 0.6 is 0 Å². The van der Waals surface area contributed by atoms with Gasteiger partial charge in [-0.1, -0.05) is 43.3 Å². The van der Waals surface area contributed by atoms with Crippen LogP contribution in [0.1, 0.15) is 18.9 Å². The van der Waals surface area contributed by atoms with E-state index in [-0.39, 0.29) is 11.9 Å². The third kappa shape index (κ3) is 4.45. The van der Waals surface area contributed by atoms with Crippen LogP contribution in [0.25, 0.3) is 0 Å². The first-order valence-electron chi connectivity index (χ1n) is 5.04. The maximum absolute atomic E-state index is 11.3. The summed E-state index contributed by atoms with van der Waals surface area (Å²) in [6.45, 7) is 5.92. The smallest absolute Gasteiger partial charge is 0.306 e. The van der Waals surface area contributed by atoms with Crippen molar-refractivity contribution in [3.63, 3.8) is 0 Å². The van der Waals surface area contributed by atoms with E-state index in [4.69, 9.17) is 4.74 Å². The molecule has 1 aromatic rings. The first-order valence-corrected chi connectivity index (χ1v) is 5.04. The van der Waals surface area contributed by atoms with Crippen molar-refractivity contribution in [3.05, 3.63) is 48.6 Å². The van der Waals surface area contributed by atoms with Gasteiger partial charge in [-0.15, -0.1) is 6.58 Å². The number of rotatable bonds is 5. The molecule has 1 rings (SSSR count). The molecular formula is C13H16O2. The molecule has 0 saturated carbocycles. The molecule has 0 unspecified atom stereocenters. The van der Waals surface area contributed by atoms with Gasteiger partial charge in [-0.05, 0) is 11.5 Å². The Hall–Kier alpha value is -1.57. The van der Waals surface area contributed by atoms with Gasteiger partial charge >= 0.3 is 5.97 Å². The molecular weight excluding hydrogens is 188 g/mol. The number of ether oxygens (including phenoxy) is 1. The topological polar surface area (TPSA) is 26.3 Å². The molecule has 1 aromatic carbocycles. The number of benzene rings is 1. The van der Waals surface area contributed by atoms with Gasteiger partial charge in [0.1, 0.15) is 6.61 Å². The Labute approximate surface area is 90.6 Å². The molecule has 0 amide bonds. The molecule has 0 heterocycles. The second kappa shape index (κ2) is 6.02. The molecule has 15 heavy (non-hydrogen) atoms. The van der Waals surface area contributed by atoms with E-state index in [0.717, 1.165) is 5.56 Å². The van der Waals surface area contributed by atoms with Crippen molar-refractivity contribution < 1.29 is 9.53 Å². The Bertz CT molecular complexity index is 317. The minimum atomic E-state index is -0.175. The molecule has 2 nitrogen and oxygen atoms in total. The summed E-state index contributed by atoms with van der Waals surface area (Å²) >= 11 is 0. The lowest BCUT2D eigenvalue weighted by atomic mass is 10.1. The highest BCUT2D eigenvalue weighted by Crippen LogP contribution is 2.06. The number of allylic oxidation sites excluding steroid dienone is 1. The van der Waals surface area contributed by atoms with Crippen LogP contribution in [0.4, 0.5) is 0 Å². The molecule has 0 aliphatic heterocycles. The third-order valence-electron chi connectivity index (χ3n) is 2.13. The first-order chi connectivity index (χ1) is 7.22. The minimum absolute atomic E-state index is 0.174. The van der Waals surface area contributed by atoms with Crippen LogP contribution in [0.15, 0.2) is 43.0 Å². The zero-order valence-corrected chi connectivity index (χ0v) is 8.98. The summed E-state index contributed by atoms with van der Waals surface area (Å²) in [4.78, 5) is 11.3. The van der Waals surface area contributed by atoms with E-state index in [0.29, 0.717) is 13.0 Å². The average molecular weight is 204 g/mol. The largest absolute Gasteiger partial charge is 0.461 e. The monoisotopic (exact) mass is 204 g/mol. The van der Waals surface area contributed by atoms with Gasteiger partial charge in [0.05, 0.1) is 6.42 Å². The van der Waals surface area contributed by atoms with E-state index in [9.17, 15) is 4.79 Å². The highest BCUT2D eigenvalue weighted by molar-refractivity contribution is 5.69. The highest BCUT2D eigenvalue weighted by atomic mass is 16.5. The Morgan fingerprint density at radius 3 is 2.73 bits per heavy atom. The second-order valence-electron chi connectivity index (χ2n) is 3.56. The summed E-state index contributed by atoms with van der Waals surface area (Å²) in [5.41, 5.74) is 1.01. The number of carbonyl (C=O) groups excluding carboxylic acids is 1. The van der Waals surface area contributed by atoms with Gasteiger partial charge in [-0.3, -0.25) is 4.79 Å². The molecule has 80 valence electrons. The van der Waals surface area contributed by atoms with Crippen LogP contribution in [-0.4, -0.2) is 5.97 Å². The average Bonchev–Trinajstić information content (AvgIpc) is 2.27. The molecule has 0 bridgehead atoms. The molecule has 0 fully saturated rings. The van der Waals surface area contributed by atoms with Gasteiger partial charge in [0.25, 0.3) is 0 Å². The molecule has 0 radical (unpaired) electrons. The number of hydrogen-bond donors (Lipinski definition) is 0. The lowest BCUT2D eigenvalue weighted by Gasteiger charge is -2.06. The predicted molar refractivity (Wildman–Crippen MR) is 60.2 cm³/mol. The molecule has 0 aliphatic carbocycles. The van der Waals surface area contributed by atoms with Crippen molar-refractivity contribution in [3.8, 4) is 0 Å². The van der Waals surface area contributed by atoms with Gasteiger partial charge in [0.15, 0.2) is 0 Å². The fourth-order valence-electron chi connectivity index (χ4n) is 1.14. The Morgan fingerprint density at radius 2 is 2.13 bits per heavy atom. The zero-order valence-electron chi connectivity index (χ0n) is 8.98. The SMILES string of the molecule is C=C[C@H](C)CC(=O)OCc1ccccc1. The van der Waals surface area contributed by atoms with Gasteiger partial charge in [-0.2, -0.15) is 0 Å². The molecule has 0 N–H and O–H groups in total. The second-order valence-corrected chi connectivity index (χ2v) is 3.56. The van der Waals surface area contributed by atoms with E-state index in [2.05, 4.69) is 6.58 Å². The van der Waals surface area contributed by atoms with Crippen molar-refractivity contribution in [2.75, 3.05) is 0 Å². The Balaban J connectivity index is 2.31. The van der Waals surface area contributed by atoms with E-state index in [1.807, 2.05) is 37.3 Å². The molecule has 2 heteroatoms. The number of carbonyl (C=O) groups is 1. The van der Waals surface area contributed by atoms with Crippen LogP contribution < -0.4 is 0 Å². The summed E-state index contributed by atoms with van der Waals surface area (Å²) in [5.74, 6) is -0.000439. The van der Waals surface area contributed by atoms with Gasteiger partial charge in [0, 0.05) is 0 Å². The van der Waals surface area contributed by atoms with E-state index < -0.39 is 0 Å². The summed E-state index contributed by atoms with van der Waals surface area (Å²) in [5, 5.41) is 0. The Kier molecular flexibility index (Phi) is 4.61. The van der Waals surface area contributed by atoms with Crippen molar-refractivity contribution in [2.45, 2.75) is 20.0 Å². The fourth-order valence-corrected chi connectivity index (χ4v) is 1.14. The minimum Gasteiger partial charge on any atom is -0.461 e. The van der Waals surface area contributed by atoms with Crippen molar-refractivity contribution in [1.29, 1.82) is 0 Å². The summed E-state index contributed by atoms with van der Waals surface area (Å²) in [7, 11) is 0. The van der Waals surface area contributed by atoms with Gasteiger partial charge in [-0.25, -0.2) is 0 Å². The predicted octanol–water partition coefficient (Wildman–Crippen LogP) is 2.94. The molecule has 0 aromatic heterocycles. The maximum atomic E-state index is 11.3. The molecule has 0 spiro atoms. The van der Waals surface area contributed by atoms with E-state index >= 15 is 0 Å². The molecule has 0 saturated heterocycles. The lowest BCUT2D eigenvalue weighted by Crippen LogP contribution is -2.08. The highest BCUT2D eigenvalue weighted by Gasteiger charge is 2.06. The fraction of sp³-hybridized carbons (Fsp3) is 0.308. The lowest BCUT2D eigenvalue weighted by molar-refractivity contribution is -0.145. The van der Waals surface area contributed by atoms with Crippen molar-refractivity contribution >= 4 is 5.97 Å². The number of esters is 1. The van der Waals surface area contributed by atoms with Gasteiger partial charge < -0.3 is 4.74 Å². The summed E-state index contributed by atoms with van der Waals surface area (Å²) in [6, 6.07) is 9.66. The van der Waals surface area contributed by atoms with Crippen LogP contribution in [0.2, 0.25) is 0 Å². The number of hydrogen-bond acceptors (Lipinski definition) is 2. The van der Waals surface area contributed by atoms with Crippen molar-refractivity contribution in [1.82, 2.24) is 0 Å². The standard InChI is InChI=1S/C13H16O2/c1-3-11(2)9-13(14)15-10-12-7-5-4-6-8-12/h3-8,11H,1,9-10H2,2H3/t11-/m0/s1. The Morgan fingerprint density at radius 1 is 1.47 bits per heavy atom. The molecule has 1 atom stereocenters. The van der Waals surface area contributed by atoms with Crippen LogP contribution in [0.3, 0.4) is 0 Å². The van der Waals surface area contributed by atoms with Crippen LogP contribution in [0.5, 0.6) is 0 Å². The van der Waals surface area contributed by atoms with Gasteiger partial charge in [0.2, 0.25) is 0 Å². The first kappa shape index (κ1) is 11.5.